The lowest BCUT2D eigenvalue weighted by Crippen LogP contribution is -2.30. The zero-order chi connectivity index (χ0) is 13.8. The minimum atomic E-state index is -0.535. The van der Waals surface area contributed by atoms with Crippen LogP contribution in [-0.4, -0.2) is 25.1 Å². The zero-order valence-electron chi connectivity index (χ0n) is 10.7. The molecule has 0 spiro atoms. The van der Waals surface area contributed by atoms with Crippen molar-refractivity contribution in [2.75, 3.05) is 14.2 Å². The highest BCUT2D eigenvalue weighted by atomic mass is 16.7. The third kappa shape index (κ3) is 2.41. The summed E-state index contributed by atoms with van der Waals surface area (Å²) in [4.78, 5) is 16.0. The summed E-state index contributed by atoms with van der Waals surface area (Å²) in [5.41, 5.74) is 3.99. The van der Waals surface area contributed by atoms with E-state index >= 15 is 0 Å². The van der Waals surface area contributed by atoms with Crippen LogP contribution in [0.3, 0.4) is 0 Å². The Bertz CT molecular complexity index is 597. The number of fused-ring (bicyclic) bond motifs is 1. The molecule has 1 heterocycles. The summed E-state index contributed by atoms with van der Waals surface area (Å²) in [5.74, 6) is 4.81. The monoisotopic (exact) mass is 261 g/mol. The van der Waals surface area contributed by atoms with Crippen LogP contribution in [0.2, 0.25) is 0 Å². The van der Waals surface area contributed by atoms with Gasteiger partial charge in [-0.25, -0.2) is 5.84 Å². The number of nitrogens with two attached hydrogens (primary N) is 1. The van der Waals surface area contributed by atoms with Crippen LogP contribution < -0.4 is 11.3 Å². The second kappa shape index (κ2) is 5.75. The van der Waals surface area contributed by atoms with Gasteiger partial charge in [0, 0.05) is 31.4 Å². The molecule has 2 rings (SSSR count). The predicted octanol–water partition coefficient (Wildman–Crippen LogP) is 1.13. The van der Waals surface area contributed by atoms with Gasteiger partial charge in [0.1, 0.15) is 0 Å². The normalized spacial score (nSPS) is 10.9. The first-order valence-corrected chi connectivity index (χ1v) is 5.67. The van der Waals surface area contributed by atoms with Crippen LogP contribution in [0.4, 0.5) is 0 Å². The van der Waals surface area contributed by atoms with Crippen LogP contribution in [0.1, 0.15) is 22.2 Å². The molecule has 0 fully saturated rings. The van der Waals surface area contributed by atoms with Crippen LogP contribution in [0, 0.1) is 0 Å². The molecular formula is C13H15N3O3. The maximum Gasteiger partial charge on any atom is 0.265 e. The third-order valence-electron chi connectivity index (χ3n) is 2.86. The van der Waals surface area contributed by atoms with E-state index in [1.807, 2.05) is 0 Å². The maximum absolute atomic E-state index is 11.7. The van der Waals surface area contributed by atoms with Crippen LogP contribution in [0.5, 0.6) is 0 Å². The largest absolute Gasteiger partial charge is 0.352 e. The smallest absolute Gasteiger partial charge is 0.265 e. The van der Waals surface area contributed by atoms with Gasteiger partial charge in [0.2, 0.25) is 0 Å². The molecule has 0 aliphatic rings. The quantitative estimate of drug-likeness (QED) is 0.373. The van der Waals surface area contributed by atoms with E-state index in [-0.39, 0.29) is 5.91 Å². The fraction of sp³-hybridized carbons (Fsp3) is 0.231. The van der Waals surface area contributed by atoms with Crippen molar-refractivity contribution in [3.63, 3.8) is 0 Å². The van der Waals surface area contributed by atoms with Crippen molar-refractivity contribution in [1.82, 2.24) is 10.4 Å². The molecule has 100 valence electrons. The van der Waals surface area contributed by atoms with Crippen LogP contribution >= 0.6 is 0 Å². The molecular weight excluding hydrogens is 246 g/mol. The average molecular weight is 261 g/mol. The van der Waals surface area contributed by atoms with Crippen molar-refractivity contribution >= 4 is 16.8 Å². The number of aromatic nitrogens is 1. The van der Waals surface area contributed by atoms with Crippen molar-refractivity contribution < 1.29 is 14.3 Å². The summed E-state index contributed by atoms with van der Waals surface area (Å²) in [7, 11) is 3.09. The van der Waals surface area contributed by atoms with Gasteiger partial charge in [-0.3, -0.25) is 15.2 Å². The Labute approximate surface area is 110 Å². The Balaban J connectivity index is 2.68. The number of nitrogen functional groups attached to an aromatic ring is 1. The number of carbonyl (C=O) groups excluding carboxylic acids is 1. The molecule has 3 N–H and O–H groups in total. The predicted molar refractivity (Wildman–Crippen MR) is 70.2 cm³/mol. The van der Waals surface area contributed by atoms with Gasteiger partial charge in [-0.2, -0.15) is 0 Å². The molecule has 1 aromatic heterocycles. The minimum Gasteiger partial charge on any atom is -0.352 e. The van der Waals surface area contributed by atoms with Crippen molar-refractivity contribution in [1.29, 1.82) is 0 Å². The molecule has 6 nitrogen and oxygen atoms in total. The number of amides is 1. The van der Waals surface area contributed by atoms with E-state index in [1.54, 1.807) is 44.7 Å². The molecule has 0 saturated heterocycles. The third-order valence-corrected chi connectivity index (χ3v) is 2.86. The minimum absolute atomic E-state index is 0.365. The number of ether oxygens (including phenoxy) is 2. The van der Waals surface area contributed by atoms with E-state index in [0.717, 1.165) is 5.56 Å². The Hall–Kier alpha value is -2.02. The zero-order valence-corrected chi connectivity index (χ0v) is 10.7. The highest BCUT2D eigenvalue weighted by Crippen LogP contribution is 2.27. The van der Waals surface area contributed by atoms with Gasteiger partial charge < -0.3 is 9.47 Å². The first kappa shape index (κ1) is 13.4. The summed E-state index contributed by atoms with van der Waals surface area (Å²) in [5, 5.41) is 0.696. The molecule has 1 aromatic carbocycles. The summed E-state index contributed by atoms with van der Waals surface area (Å²) in [6.07, 6.45) is 1.12. The standard InChI is InChI=1S/C13H15N3O3/c1-18-13(19-2)10-6-5-9(12(17)16-14)8-4-3-7-15-11(8)10/h3-7,13H,14H2,1-2H3,(H,16,17). The molecule has 0 saturated carbocycles. The molecule has 0 atom stereocenters. The van der Waals surface area contributed by atoms with E-state index in [9.17, 15) is 4.79 Å². The molecule has 19 heavy (non-hydrogen) atoms. The highest BCUT2D eigenvalue weighted by molar-refractivity contribution is 6.06. The summed E-state index contributed by atoms with van der Waals surface area (Å²) < 4.78 is 10.5. The van der Waals surface area contributed by atoms with Crippen LogP contribution in [0.25, 0.3) is 10.9 Å². The van der Waals surface area contributed by atoms with Crippen molar-refractivity contribution in [3.05, 3.63) is 41.6 Å². The number of hydrogen-bond donors (Lipinski definition) is 2. The van der Waals surface area contributed by atoms with Gasteiger partial charge in [0.25, 0.3) is 5.91 Å². The van der Waals surface area contributed by atoms with Gasteiger partial charge >= 0.3 is 0 Å². The molecule has 0 aliphatic carbocycles. The number of pyridine rings is 1. The fourth-order valence-electron chi connectivity index (χ4n) is 2.01. The molecule has 0 radical (unpaired) electrons. The highest BCUT2D eigenvalue weighted by Gasteiger charge is 2.17. The molecule has 2 aromatic rings. The number of carbonyl (C=O) groups is 1. The SMILES string of the molecule is COC(OC)c1ccc(C(=O)NN)c2cccnc12. The Morgan fingerprint density at radius 2 is 2.05 bits per heavy atom. The average Bonchev–Trinajstić information content (AvgIpc) is 2.47. The number of nitrogens with zero attached hydrogens (tertiary/aromatic N) is 1. The molecule has 0 aliphatic heterocycles. The van der Waals surface area contributed by atoms with E-state index in [2.05, 4.69) is 10.4 Å². The van der Waals surface area contributed by atoms with E-state index in [4.69, 9.17) is 15.3 Å². The first-order chi connectivity index (χ1) is 9.22. The number of rotatable bonds is 4. The van der Waals surface area contributed by atoms with Gasteiger partial charge in [0.15, 0.2) is 6.29 Å². The van der Waals surface area contributed by atoms with Gasteiger partial charge in [-0.15, -0.1) is 0 Å². The van der Waals surface area contributed by atoms with Gasteiger partial charge in [-0.1, -0.05) is 12.1 Å². The molecule has 1 amide bonds. The van der Waals surface area contributed by atoms with Crippen LogP contribution in [-0.2, 0) is 9.47 Å². The topological polar surface area (TPSA) is 86.5 Å². The number of hydrazine groups is 1. The van der Waals surface area contributed by atoms with Gasteiger partial charge in [0.05, 0.1) is 11.1 Å². The summed E-state index contributed by atoms with van der Waals surface area (Å²) in [6.45, 7) is 0. The summed E-state index contributed by atoms with van der Waals surface area (Å²) >= 11 is 0. The van der Waals surface area contributed by atoms with Gasteiger partial charge in [-0.05, 0) is 12.1 Å². The van der Waals surface area contributed by atoms with Crippen LogP contribution in [0.15, 0.2) is 30.5 Å². The molecule has 0 unspecified atom stereocenters. The van der Waals surface area contributed by atoms with E-state index in [0.29, 0.717) is 16.5 Å². The maximum atomic E-state index is 11.7. The second-order valence-corrected chi connectivity index (χ2v) is 3.88. The Morgan fingerprint density at radius 1 is 1.32 bits per heavy atom. The lowest BCUT2D eigenvalue weighted by molar-refractivity contribution is -0.105. The number of hydrogen-bond acceptors (Lipinski definition) is 5. The second-order valence-electron chi connectivity index (χ2n) is 3.88. The number of benzene rings is 1. The van der Waals surface area contributed by atoms with E-state index in [1.165, 1.54) is 0 Å². The molecule has 0 bridgehead atoms. The Morgan fingerprint density at radius 3 is 2.68 bits per heavy atom. The fourth-order valence-corrected chi connectivity index (χ4v) is 2.01. The lowest BCUT2D eigenvalue weighted by Gasteiger charge is -2.16. The first-order valence-electron chi connectivity index (χ1n) is 5.67. The van der Waals surface area contributed by atoms with E-state index < -0.39 is 6.29 Å². The lowest BCUT2D eigenvalue weighted by atomic mass is 10.0. The van der Waals surface area contributed by atoms with Crippen molar-refractivity contribution in [2.45, 2.75) is 6.29 Å². The summed E-state index contributed by atoms with van der Waals surface area (Å²) in [6, 6.07) is 6.98. The van der Waals surface area contributed by atoms with Crippen molar-refractivity contribution in [3.8, 4) is 0 Å². The number of nitrogens with one attached hydrogen (secondary N) is 1. The molecule has 6 heteroatoms. The number of methoxy groups -OCH3 is 2. The van der Waals surface area contributed by atoms with Crippen molar-refractivity contribution in [2.24, 2.45) is 5.84 Å². The Kier molecular flexibility index (Phi) is 4.06.